The molecule has 0 saturated heterocycles. The van der Waals surface area contributed by atoms with Crippen LogP contribution in [0, 0.1) is 0 Å². The molecule has 0 bridgehead atoms. The second-order valence-electron chi connectivity index (χ2n) is 17.4. The Hall–Kier alpha value is -5.87. The molecule has 54 heavy (non-hydrogen) atoms. The Labute approximate surface area is 318 Å². The van der Waals surface area contributed by atoms with E-state index in [0.29, 0.717) is 17.5 Å². The lowest BCUT2D eigenvalue weighted by Gasteiger charge is -2.27. The molecule has 9 rings (SSSR count). The summed E-state index contributed by atoms with van der Waals surface area (Å²) in [5, 5.41) is 2.24. The SMILES string of the molecule is CC(C)(C)c1ccc2c(c1)C(C)(C)c1cc(C(C)(C)C)cc(-c3nc(-c4ccccc4)nc(-c4ccc(-c5cccc6c5oc5ccccc56)cc4)n3)c1-2. The third-order valence-corrected chi connectivity index (χ3v) is 11.3. The number of para-hydroxylation sites is 2. The Morgan fingerprint density at radius 2 is 1.06 bits per heavy atom. The Balaban J connectivity index is 1.24. The van der Waals surface area contributed by atoms with Gasteiger partial charge in [0.1, 0.15) is 11.2 Å². The van der Waals surface area contributed by atoms with Crippen molar-refractivity contribution in [1.29, 1.82) is 0 Å². The first-order valence-electron chi connectivity index (χ1n) is 18.9. The maximum atomic E-state index is 6.38. The highest BCUT2D eigenvalue weighted by atomic mass is 16.3. The number of benzene rings is 6. The third-order valence-electron chi connectivity index (χ3n) is 11.3. The molecule has 0 fully saturated rings. The van der Waals surface area contributed by atoms with Crippen molar-refractivity contribution in [1.82, 2.24) is 15.0 Å². The Morgan fingerprint density at radius 1 is 0.463 bits per heavy atom. The van der Waals surface area contributed by atoms with E-state index in [-0.39, 0.29) is 16.2 Å². The number of hydrogen-bond acceptors (Lipinski definition) is 4. The quantitative estimate of drug-likeness (QED) is 0.183. The summed E-state index contributed by atoms with van der Waals surface area (Å²) in [6, 6.07) is 45.2. The summed E-state index contributed by atoms with van der Waals surface area (Å²) >= 11 is 0. The fourth-order valence-electron chi connectivity index (χ4n) is 8.04. The van der Waals surface area contributed by atoms with Crippen molar-refractivity contribution in [3.63, 3.8) is 0 Å². The number of hydrogen-bond donors (Lipinski definition) is 0. The molecule has 266 valence electrons. The van der Waals surface area contributed by atoms with Gasteiger partial charge < -0.3 is 4.42 Å². The Morgan fingerprint density at radius 3 is 1.76 bits per heavy atom. The molecular weight excluding hydrogens is 659 g/mol. The molecule has 8 aromatic rings. The van der Waals surface area contributed by atoms with E-state index in [2.05, 4.69) is 152 Å². The monoisotopic (exact) mass is 703 g/mol. The minimum absolute atomic E-state index is 0.0428. The van der Waals surface area contributed by atoms with Crippen LogP contribution in [0.2, 0.25) is 0 Å². The first-order valence-corrected chi connectivity index (χ1v) is 18.9. The normalized spacial score (nSPS) is 13.7. The molecule has 2 aromatic heterocycles. The first-order chi connectivity index (χ1) is 25.8. The maximum Gasteiger partial charge on any atom is 0.164 e. The Kier molecular flexibility index (Phi) is 7.59. The Bertz CT molecular complexity index is 2740. The molecule has 1 aliphatic rings. The molecule has 0 saturated carbocycles. The van der Waals surface area contributed by atoms with Gasteiger partial charge in [-0.1, -0.05) is 171 Å². The van der Waals surface area contributed by atoms with Crippen LogP contribution in [0.1, 0.15) is 77.6 Å². The van der Waals surface area contributed by atoms with Gasteiger partial charge in [-0.2, -0.15) is 0 Å². The number of aromatic nitrogens is 3. The van der Waals surface area contributed by atoms with E-state index in [1.165, 1.54) is 33.4 Å². The summed E-state index contributed by atoms with van der Waals surface area (Å²) in [5.74, 6) is 1.98. The molecule has 0 radical (unpaired) electrons. The molecule has 0 amide bonds. The molecule has 0 atom stereocenters. The lowest BCUT2D eigenvalue weighted by Crippen LogP contribution is -2.19. The molecule has 0 unspecified atom stereocenters. The first kappa shape index (κ1) is 33.9. The van der Waals surface area contributed by atoms with Gasteiger partial charge >= 0.3 is 0 Å². The van der Waals surface area contributed by atoms with Gasteiger partial charge in [-0.3, -0.25) is 0 Å². The standard InChI is InChI=1S/C50H45N3O/c1-48(2,3)33-25-26-38-40(28-33)50(7,8)41-29-34(49(4,5)6)27-39(43(38)41)47-52-45(31-15-10-9-11-16-31)51-46(53-47)32-23-21-30(22-24-32)35-18-14-19-37-36-17-12-13-20-42(36)54-44(35)37/h9-29H,1-8H3. The van der Waals surface area contributed by atoms with Crippen molar-refractivity contribution >= 4 is 21.9 Å². The van der Waals surface area contributed by atoms with Gasteiger partial charge in [-0.05, 0) is 61.9 Å². The zero-order valence-corrected chi connectivity index (χ0v) is 32.4. The van der Waals surface area contributed by atoms with E-state index in [0.717, 1.165) is 49.8 Å². The van der Waals surface area contributed by atoms with Gasteiger partial charge in [-0.15, -0.1) is 0 Å². The van der Waals surface area contributed by atoms with Crippen molar-refractivity contribution in [3.8, 4) is 56.4 Å². The van der Waals surface area contributed by atoms with Crippen LogP contribution in [-0.4, -0.2) is 15.0 Å². The minimum Gasteiger partial charge on any atom is -0.455 e. The van der Waals surface area contributed by atoms with Crippen molar-refractivity contribution in [2.45, 2.75) is 71.6 Å². The average molecular weight is 704 g/mol. The van der Waals surface area contributed by atoms with Crippen LogP contribution in [0.5, 0.6) is 0 Å². The smallest absolute Gasteiger partial charge is 0.164 e. The van der Waals surface area contributed by atoms with Crippen LogP contribution < -0.4 is 0 Å². The summed E-state index contributed by atoms with van der Waals surface area (Å²) in [6.07, 6.45) is 0. The third kappa shape index (κ3) is 5.55. The lowest BCUT2D eigenvalue weighted by molar-refractivity contribution is 0.580. The van der Waals surface area contributed by atoms with E-state index in [4.69, 9.17) is 19.4 Å². The van der Waals surface area contributed by atoms with E-state index < -0.39 is 0 Å². The van der Waals surface area contributed by atoms with Crippen molar-refractivity contribution in [3.05, 3.63) is 150 Å². The predicted octanol–water partition coefficient (Wildman–Crippen LogP) is 13.3. The molecule has 0 N–H and O–H groups in total. The van der Waals surface area contributed by atoms with Crippen LogP contribution in [0.3, 0.4) is 0 Å². The van der Waals surface area contributed by atoms with Crippen molar-refractivity contribution in [2.75, 3.05) is 0 Å². The van der Waals surface area contributed by atoms with Crippen LogP contribution in [0.4, 0.5) is 0 Å². The number of furan rings is 1. The molecule has 2 heterocycles. The highest BCUT2D eigenvalue weighted by molar-refractivity contribution is 6.09. The fraction of sp³-hybridized carbons (Fsp3) is 0.220. The number of fused-ring (bicyclic) bond motifs is 6. The molecular formula is C50H45N3O. The topological polar surface area (TPSA) is 51.8 Å². The van der Waals surface area contributed by atoms with E-state index in [9.17, 15) is 0 Å². The predicted molar refractivity (Wildman–Crippen MR) is 224 cm³/mol. The van der Waals surface area contributed by atoms with Crippen molar-refractivity contribution in [2.24, 2.45) is 0 Å². The molecule has 0 aliphatic heterocycles. The van der Waals surface area contributed by atoms with Gasteiger partial charge in [0.2, 0.25) is 0 Å². The maximum absolute atomic E-state index is 6.38. The fourth-order valence-corrected chi connectivity index (χ4v) is 8.04. The summed E-state index contributed by atoms with van der Waals surface area (Å²) in [4.78, 5) is 15.7. The summed E-state index contributed by atoms with van der Waals surface area (Å²) < 4.78 is 6.38. The largest absolute Gasteiger partial charge is 0.455 e. The van der Waals surface area contributed by atoms with Gasteiger partial charge in [-0.25, -0.2) is 15.0 Å². The number of rotatable bonds is 4. The zero-order chi connectivity index (χ0) is 37.6. The molecule has 0 spiro atoms. The highest BCUT2D eigenvalue weighted by Crippen LogP contribution is 2.54. The summed E-state index contributed by atoms with van der Waals surface area (Å²) in [6.45, 7) is 18.4. The summed E-state index contributed by atoms with van der Waals surface area (Å²) in [5.41, 5.74) is 14.4. The van der Waals surface area contributed by atoms with Gasteiger partial charge in [0, 0.05) is 38.4 Å². The van der Waals surface area contributed by atoms with Gasteiger partial charge in [0.25, 0.3) is 0 Å². The number of nitrogens with zero attached hydrogens (tertiary/aromatic N) is 3. The van der Waals surface area contributed by atoms with Crippen LogP contribution in [0.25, 0.3) is 78.4 Å². The molecule has 6 aromatic carbocycles. The van der Waals surface area contributed by atoms with E-state index >= 15 is 0 Å². The average Bonchev–Trinajstić information content (AvgIpc) is 3.66. The van der Waals surface area contributed by atoms with E-state index in [1.54, 1.807) is 0 Å². The van der Waals surface area contributed by atoms with E-state index in [1.807, 2.05) is 30.3 Å². The molecule has 1 aliphatic carbocycles. The van der Waals surface area contributed by atoms with Crippen LogP contribution in [0.15, 0.2) is 132 Å². The van der Waals surface area contributed by atoms with Crippen molar-refractivity contribution < 1.29 is 4.42 Å². The minimum atomic E-state index is -0.196. The molecule has 4 heteroatoms. The van der Waals surface area contributed by atoms with Gasteiger partial charge in [0.15, 0.2) is 17.5 Å². The summed E-state index contributed by atoms with van der Waals surface area (Å²) in [7, 11) is 0. The molecule has 4 nitrogen and oxygen atoms in total. The van der Waals surface area contributed by atoms with Crippen LogP contribution in [-0.2, 0) is 16.2 Å². The second-order valence-corrected chi connectivity index (χ2v) is 17.4. The van der Waals surface area contributed by atoms with Crippen LogP contribution >= 0.6 is 0 Å². The second kappa shape index (κ2) is 12.1. The zero-order valence-electron chi connectivity index (χ0n) is 32.4. The van der Waals surface area contributed by atoms with Gasteiger partial charge in [0.05, 0.1) is 0 Å². The lowest BCUT2D eigenvalue weighted by atomic mass is 9.77. The highest BCUT2D eigenvalue weighted by Gasteiger charge is 2.39.